The van der Waals surface area contributed by atoms with Crippen LogP contribution in [0.15, 0.2) is 16.4 Å². The summed E-state index contributed by atoms with van der Waals surface area (Å²) in [6.07, 6.45) is -1.50. The van der Waals surface area contributed by atoms with Crippen LogP contribution in [0.3, 0.4) is 0 Å². The van der Waals surface area contributed by atoms with Gasteiger partial charge in [-0.15, -0.1) is 16.9 Å². The molecule has 0 radical (unpaired) electrons. The van der Waals surface area contributed by atoms with Crippen molar-refractivity contribution in [2.24, 2.45) is 7.05 Å². The molecule has 1 aromatic rings. The van der Waals surface area contributed by atoms with Gasteiger partial charge in [-0.05, 0) is 29.8 Å². The number of nitrogens with one attached hydrogen (secondary N) is 2. The second-order valence-electron chi connectivity index (χ2n) is 9.41. The van der Waals surface area contributed by atoms with Gasteiger partial charge in [-0.3, -0.25) is 29.0 Å². The molecule has 0 saturated carbocycles. The van der Waals surface area contributed by atoms with Gasteiger partial charge in [0.25, 0.3) is 11.6 Å². The Morgan fingerprint density at radius 1 is 1.24 bits per heavy atom. The third-order valence-corrected chi connectivity index (χ3v) is 9.35. The molecule has 4 rings (SSSR count). The van der Waals surface area contributed by atoms with Crippen LogP contribution in [0.25, 0.3) is 0 Å². The van der Waals surface area contributed by atoms with Crippen molar-refractivity contribution in [3.8, 4) is 0 Å². The number of ether oxygens (including phenoxy) is 1. The molecule has 0 bridgehead atoms. The standard InChI is InChI=1S/C22H29N9O9S2/c1-5-29-6-7-30(16(35)15(29)34)20(39)23-12(10(2)32)14(33)24-22(40-4)18(38)31-13(17(36)37)11(8-41-19(22)31)9-42-21-25-26-27-28(21)3/h10,12,19,32H,5-9H2,1-4H3,(H,23,39)(H,24,33)(H,36,37)/t10-,12+,19?,22-/m1/s1. The molecule has 4 N–H and O–H groups in total. The molecule has 3 aliphatic heterocycles. The number of hydrogen-bond acceptors (Lipinski definition) is 13. The molecule has 42 heavy (non-hydrogen) atoms. The number of urea groups is 1. The van der Waals surface area contributed by atoms with Gasteiger partial charge < -0.3 is 30.5 Å². The van der Waals surface area contributed by atoms with E-state index >= 15 is 0 Å². The number of carbonyl (C=O) groups excluding carboxylic acids is 5. The number of hydrogen-bond donors (Lipinski definition) is 4. The number of methoxy groups -OCH3 is 1. The maximum atomic E-state index is 13.4. The van der Waals surface area contributed by atoms with Crippen molar-refractivity contribution >= 4 is 59.2 Å². The largest absolute Gasteiger partial charge is 0.477 e. The minimum atomic E-state index is -2.01. The van der Waals surface area contributed by atoms with E-state index in [2.05, 4.69) is 26.2 Å². The molecule has 2 saturated heterocycles. The Bertz CT molecular complexity index is 1350. The Balaban J connectivity index is 1.49. The minimum Gasteiger partial charge on any atom is -0.477 e. The molecule has 18 nitrogen and oxygen atoms in total. The van der Waals surface area contributed by atoms with Crippen molar-refractivity contribution in [3.05, 3.63) is 11.3 Å². The van der Waals surface area contributed by atoms with Crippen molar-refractivity contribution < 1.29 is 43.7 Å². The Morgan fingerprint density at radius 3 is 2.52 bits per heavy atom. The number of aliphatic hydroxyl groups excluding tert-OH is 1. The fraction of sp³-hybridized carbons (Fsp3) is 0.591. The van der Waals surface area contributed by atoms with E-state index in [9.17, 15) is 39.0 Å². The molecule has 0 aliphatic carbocycles. The van der Waals surface area contributed by atoms with Gasteiger partial charge in [0.15, 0.2) is 0 Å². The highest BCUT2D eigenvalue weighted by Crippen LogP contribution is 2.47. The Labute approximate surface area is 247 Å². The summed E-state index contributed by atoms with van der Waals surface area (Å²) in [7, 11) is 2.78. The molecular weight excluding hydrogens is 598 g/mol. The molecule has 0 aromatic carbocycles. The maximum absolute atomic E-state index is 13.4. The smallest absolute Gasteiger partial charge is 0.352 e. The van der Waals surface area contributed by atoms with Gasteiger partial charge in [0.2, 0.25) is 11.1 Å². The van der Waals surface area contributed by atoms with Gasteiger partial charge in [0.05, 0.1) is 6.10 Å². The number of nitrogens with zero attached hydrogens (tertiary/aromatic N) is 7. The van der Waals surface area contributed by atoms with E-state index in [0.717, 1.165) is 23.8 Å². The van der Waals surface area contributed by atoms with Crippen LogP contribution in [0.2, 0.25) is 0 Å². The summed E-state index contributed by atoms with van der Waals surface area (Å²) in [5.74, 6) is -4.87. The summed E-state index contributed by atoms with van der Waals surface area (Å²) in [5.41, 5.74) is -1.84. The number of piperazine rings is 1. The van der Waals surface area contributed by atoms with Crippen molar-refractivity contribution in [2.45, 2.75) is 42.2 Å². The van der Waals surface area contributed by atoms with E-state index in [0.29, 0.717) is 15.6 Å². The number of aliphatic hydroxyl groups is 1. The van der Waals surface area contributed by atoms with Crippen LogP contribution >= 0.6 is 23.5 Å². The third kappa shape index (κ3) is 5.41. The molecule has 1 unspecified atom stereocenters. The lowest BCUT2D eigenvalue weighted by Gasteiger charge is -2.56. The number of aromatic nitrogens is 4. The van der Waals surface area contributed by atoms with Gasteiger partial charge in [-0.25, -0.2) is 14.3 Å². The van der Waals surface area contributed by atoms with E-state index in [1.807, 2.05) is 0 Å². The molecule has 0 spiro atoms. The van der Waals surface area contributed by atoms with Crippen molar-refractivity contribution in [1.29, 1.82) is 0 Å². The molecule has 6 amide bonds. The van der Waals surface area contributed by atoms with Crippen molar-refractivity contribution in [3.63, 3.8) is 0 Å². The van der Waals surface area contributed by atoms with E-state index < -0.39 is 58.9 Å². The van der Waals surface area contributed by atoms with E-state index in [1.165, 1.54) is 28.3 Å². The summed E-state index contributed by atoms with van der Waals surface area (Å²) in [5, 5.41) is 35.5. The summed E-state index contributed by atoms with van der Waals surface area (Å²) >= 11 is 2.33. The number of carboxylic acids is 1. The average molecular weight is 628 g/mol. The number of fused-ring (bicyclic) bond motifs is 1. The van der Waals surface area contributed by atoms with Crippen LogP contribution in [0.1, 0.15) is 13.8 Å². The van der Waals surface area contributed by atoms with Crippen LogP contribution in [0.4, 0.5) is 4.79 Å². The number of thioether (sulfide) groups is 2. The second-order valence-corrected chi connectivity index (χ2v) is 11.4. The zero-order valence-electron chi connectivity index (χ0n) is 23.0. The summed E-state index contributed by atoms with van der Waals surface area (Å²) in [6.45, 7) is 3.15. The summed E-state index contributed by atoms with van der Waals surface area (Å²) in [6, 6.07) is -2.74. The Kier molecular flexibility index (Phi) is 9.09. The lowest BCUT2D eigenvalue weighted by Crippen LogP contribution is -2.81. The quantitative estimate of drug-likeness (QED) is 0.0887. The van der Waals surface area contributed by atoms with E-state index in [1.54, 1.807) is 14.0 Å². The molecule has 20 heteroatoms. The highest BCUT2D eigenvalue weighted by Gasteiger charge is 2.67. The normalized spacial score (nSPS) is 23.8. The lowest BCUT2D eigenvalue weighted by molar-refractivity contribution is -0.193. The number of aryl methyl sites for hydroxylation is 1. The highest BCUT2D eigenvalue weighted by molar-refractivity contribution is 8.01. The fourth-order valence-corrected chi connectivity index (χ4v) is 7.02. The molecule has 1 aromatic heterocycles. The van der Waals surface area contributed by atoms with Gasteiger partial charge in [0.1, 0.15) is 17.1 Å². The van der Waals surface area contributed by atoms with Crippen LogP contribution in [0, 0.1) is 0 Å². The molecule has 4 heterocycles. The van der Waals surface area contributed by atoms with Crippen LogP contribution in [0.5, 0.6) is 0 Å². The second kappa shape index (κ2) is 12.2. The first-order valence-corrected chi connectivity index (χ1v) is 14.6. The number of carboxylic acid groups (broad SMARTS) is 1. The molecule has 228 valence electrons. The number of carbonyl (C=O) groups is 6. The number of tetrazole rings is 1. The number of amides is 6. The zero-order valence-corrected chi connectivity index (χ0v) is 24.6. The van der Waals surface area contributed by atoms with E-state index in [-0.39, 0.29) is 36.8 Å². The molecule has 4 atom stereocenters. The highest BCUT2D eigenvalue weighted by atomic mass is 32.2. The SMILES string of the molecule is CCN1CCN(C(=O)N[C@H](C(=O)N[C@@]2(OC)C(=O)N3C(C(=O)O)=C(CSc4nnnn4C)CSC32)[C@@H](C)O)C(=O)C1=O. The number of likely N-dealkylation sites (N-methyl/N-ethyl adjacent to an activating group) is 1. The Hall–Kier alpha value is -3.75. The van der Waals surface area contributed by atoms with Crippen LogP contribution in [-0.2, 0) is 35.8 Å². The van der Waals surface area contributed by atoms with Gasteiger partial charge in [-0.1, -0.05) is 11.8 Å². The van der Waals surface area contributed by atoms with Gasteiger partial charge >= 0.3 is 23.8 Å². The number of rotatable bonds is 10. The first-order chi connectivity index (χ1) is 19.9. The Morgan fingerprint density at radius 2 is 1.95 bits per heavy atom. The van der Waals surface area contributed by atoms with Crippen LogP contribution in [-0.4, -0.2) is 142 Å². The third-order valence-electron chi connectivity index (χ3n) is 6.88. The predicted octanol–water partition coefficient (Wildman–Crippen LogP) is -2.84. The van der Waals surface area contributed by atoms with Crippen molar-refractivity contribution in [2.75, 3.05) is 38.2 Å². The van der Waals surface area contributed by atoms with Gasteiger partial charge in [-0.2, -0.15) is 0 Å². The first-order valence-electron chi connectivity index (χ1n) is 12.6. The monoisotopic (exact) mass is 627 g/mol. The number of aliphatic carboxylic acids is 1. The minimum absolute atomic E-state index is 0.103. The predicted molar refractivity (Wildman–Crippen MR) is 143 cm³/mol. The lowest BCUT2D eigenvalue weighted by atomic mass is 9.97. The summed E-state index contributed by atoms with van der Waals surface area (Å²) in [4.78, 5) is 79.3. The van der Waals surface area contributed by atoms with Gasteiger partial charge in [0, 0.05) is 45.3 Å². The zero-order chi connectivity index (χ0) is 30.9. The number of imide groups is 1. The first kappa shape index (κ1) is 31.2. The summed E-state index contributed by atoms with van der Waals surface area (Å²) < 4.78 is 6.84. The molecule has 3 aliphatic rings. The number of β-lactam (4-membered cyclic amide) rings is 1. The van der Waals surface area contributed by atoms with Crippen molar-refractivity contribution in [1.82, 2.24) is 45.5 Å². The van der Waals surface area contributed by atoms with Crippen LogP contribution < -0.4 is 10.6 Å². The van der Waals surface area contributed by atoms with E-state index in [4.69, 9.17) is 4.74 Å². The average Bonchev–Trinajstić information content (AvgIpc) is 3.37. The topological polar surface area (TPSA) is 229 Å². The fourth-order valence-electron chi connectivity index (χ4n) is 4.60. The molecular formula is C22H29N9O9S2. The maximum Gasteiger partial charge on any atom is 0.352 e. The molecule has 2 fully saturated rings.